The van der Waals surface area contributed by atoms with E-state index in [1.807, 2.05) is 20.8 Å². The Hall–Kier alpha value is -1.86. The van der Waals surface area contributed by atoms with Gasteiger partial charge in [-0.25, -0.2) is 4.79 Å². The molecule has 0 saturated heterocycles. The Kier molecular flexibility index (Phi) is 8.65. The maximum Gasteiger partial charge on any atom is 0.488 e. The number of carbonyl (C=O) groups is 2. The van der Waals surface area contributed by atoms with Crippen LogP contribution in [0.25, 0.3) is 0 Å². The van der Waals surface area contributed by atoms with E-state index in [1.54, 1.807) is 29.2 Å². The van der Waals surface area contributed by atoms with Crippen LogP contribution >= 0.6 is 0 Å². The minimum atomic E-state index is -1.53. The highest BCUT2D eigenvalue weighted by atomic mass is 16.5. The molecule has 0 radical (unpaired) electrons. The van der Waals surface area contributed by atoms with Gasteiger partial charge in [-0.3, -0.25) is 4.79 Å². The summed E-state index contributed by atoms with van der Waals surface area (Å²) in [6, 6.07) is 5.99. The van der Waals surface area contributed by atoms with E-state index < -0.39 is 19.1 Å². The van der Waals surface area contributed by atoms with E-state index in [-0.39, 0.29) is 18.4 Å². The fraction of sp³-hybridized carbons (Fsp3) is 0.556. The molecule has 7 heteroatoms. The van der Waals surface area contributed by atoms with Crippen molar-refractivity contribution in [2.24, 2.45) is 5.92 Å². The lowest BCUT2D eigenvalue weighted by atomic mass is 9.80. The Balaban J connectivity index is 3.08. The standard InChI is InChI=1S/C18H28BNO5/c1-5-6-7-16(21)20(17(13(2)3)18(22)25-4)12-14-8-10-15(11-9-14)19(23)24/h8-11,13,17,23-24H,5-7,12H2,1-4H3. The summed E-state index contributed by atoms with van der Waals surface area (Å²) in [5.74, 6) is -0.601. The summed E-state index contributed by atoms with van der Waals surface area (Å²) in [4.78, 5) is 26.5. The van der Waals surface area contributed by atoms with Crippen LogP contribution < -0.4 is 5.46 Å². The molecular formula is C18H28BNO5. The molecule has 2 N–H and O–H groups in total. The van der Waals surface area contributed by atoms with Crippen molar-refractivity contribution in [3.63, 3.8) is 0 Å². The van der Waals surface area contributed by atoms with Gasteiger partial charge in [-0.05, 0) is 23.4 Å². The number of ether oxygens (including phenoxy) is 1. The van der Waals surface area contributed by atoms with Gasteiger partial charge >= 0.3 is 13.1 Å². The van der Waals surface area contributed by atoms with Crippen LogP contribution in [0.1, 0.15) is 45.6 Å². The number of methoxy groups -OCH3 is 1. The normalized spacial score (nSPS) is 12.0. The van der Waals surface area contributed by atoms with E-state index in [0.717, 1.165) is 18.4 Å². The molecule has 0 heterocycles. The van der Waals surface area contributed by atoms with E-state index >= 15 is 0 Å². The van der Waals surface area contributed by atoms with Crippen molar-refractivity contribution in [1.82, 2.24) is 4.90 Å². The minimum Gasteiger partial charge on any atom is -0.467 e. The number of nitrogens with zero attached hydrogens (tertiary/aromatic N) is 1. The number of hydrogen-bond donors (Lipinski definition) is 2. The van der Waals surface area contributed by atoms with E-state index in [0.29, 0.717) is 11.9 Å². The Morgan fingerprint density at radius 3 is 2.24 bits per heavy atom. The smallest absolute Gasteiger partial charge is 0.467 e. The van der Waals surface area contributed by atoms with Gasteiger partial charge < -0.3 is 19.7 Å². The fourth-order valence-electron chi connectivity index (χ4n) is 2.69. The SMILES string of the molecule is CCCCC(=O)N(Cc1ccc(B(O)O)cc1)C(C(=O)OC)C(C)C. The van der Waals surface area contributed by atoms with Crippen LogP contribution in [0.2, 0.25) is 0 Å². The van der Waals surface area contributed by atoms with Gasteiger partial charge in [0.05, 0.1) is 7.11 Å². The molecular weight excluding hydrogens is 321 g/mol. The summed E-state index contributed by atoms with van der Waals surface area (Å²) < 4.78 is 4.90. The third-order valence-corrected chi connectivity index (χ3v) is 4.11. The van der Waals surface area contributed by atoms with Gasteiger partial charge in [0.2, 0.25) is 5.91 Å². The summed E-state index contributed by atoms with van der Waals surface area (Å²) >= 11 is 0. The number of rotatable bonds is 9. The first kappa shape index (κ1) is 21.2. The van der Waals surface area contributed by atoms with Crippen LogP contribution in [0.5, 0.6) is 0 Å². The van der Waals surface area contributed by atoms with Crippen LogP contribution in [-0.4, -0.2) is 47.1 Å². The molecule has 1 unspecified atom stereocenters. The number of unbranched alkanes of at least 4 members (excludes halogenated alkanes) is 1. The highest BCUT2D eigenvalue weighted by Gasteiger charge is 2.33. The molecule has 0 saturated carbocycles. The second-order valence-corrected chi connectivity index (χ2v) is 6.45. The average molecular weight is 349 g/mol. The predicted molar refractivity (Wildman–Crippen MR) is 97.0 cm³/mol. The fourth-order valence-corrected chi connectivity index (χ4v) is 2.69. The summed E-state index contributed by atoms with van der Waals surface area (Å²) in [5.41, 5.74) is 1.18. The van der Waals surface area contributed by atoms with Crippen LogP contribution in [0.4, 0.5) is 0 Å². The molecule has 6 nitrogen and oxygen atoms in total. The molecule has 25 heavy (non-hydrogen) atoms. The molecule has 0 aromatic heterocycles. The highest BCUT2D eigenvalue weighted by Crippen LogP contribution is 2.18. The molecule has 1 aromatic carbocycles. The third kappa shape index (κ3) is 6.18. The van der Waals surface area contributed by atoms with Gasteiger partial charge in [0.15, 0.2) is 0 Å². The lowest BCUT2D eigenvalue weighted by Gasteiger charge is -2.32. The number of benzene rings is 1. The maximum absolute atomic E-state index is 12.7. The predicted octanol–water partition coefficient (Wildman–Crippen LogP) is 1.08. The van der Waals surface area contributed by atoms with Crippen LogP contribution in [0.15, 0.2) is 24.3 Å². The quantitative estimate of drug-likeness (QED) is 0.515. The van der Waals surface area contributed by atoms with Crippen LogP contribution in [0, 0.1) is 5.92 Å². The zero-order valence-electron chi connectivity index (χ0n) is 15.4. The van der Waals surface area contributed by atoms with Crippen LogP contribution in [0.3, 0.4) is 0 Å². The topological polar surface area (TPSA) is 87.1 Å². The van der Waals surface area contributed by atoms with Crippen molar-refractivity contribution >= 4 is 24.5 Å². The largest absolute Gasteiger partial charge is 0.488 e. The minimum absolute atomic E-state index is 0.0859. The monoisotopic (exact) mass is 349 g/mol. The van der Waals surface area contributed by atoms with E-state index in [4.69, 9.17) is 4.74 Å². The van der Waals surface area contributed by atoms with Crippen molar-refractivity contribution in [3.8, 4) is 0 Å². The van der Waals surface area contributed by atoms with Gasteiger partial charge in [-0.1, -0.05) is 51.5 Å². The van der Waals surface area contributed by atoms with E-state index in [2.05, 4.69) is 0 Å². The Labute approximate surface area is 149 Å². The van der Waals surface area contributed by atoms with Crippen molar-refractivity contribution in [2.75, 3.05) is 7.11 Å². The van der Waals surface area contributed by atoms with Crippen LogP contribution in [-0.2, 0) is 20.9 Å². The van der Waals surface area contributed by atoms with Gasteiger partial charge in [-0.2, -0.15) is 0 Å². The lowest BCUT2D eigenvalue weighted by molar-refractivity contribution is -0.155. The van der Waals surface area contributed by atoms with Crippen molar-refractivity contribution in [3.05, 3.63) is 29.8 Å². The Bertz CT molecular complexity index is 559. The van der Waals surface area contributed by atoms with E-state index in [1.165, 1.54) is 7.11 Å². The number of amides is 1. The molecule has 0 aliphatic rings. The van der Waals surface area contributed by atoms with Crippen molar-refractivity contribution < 1.29 is 24.4 Å². The Morgan fingerprint density at radius 1 is 1.20 bits per heavy atom. The molecule has 1 atom stereocenters. The van der Waals surface area contributed by atoms with Gasteiger partial charge in [0, 0.05) is 13.0 Å². The molecule has 0 aliphatic carbocycles. The summed E-state index contributed by atoms with van der Waals surface area (Å²) in [5, 5.41) is 18.4. The van der Waals surface area contributed by atoms with Gasteiger partial charge in [-0.15, -0.1) is 0 Å². The average Bonchev–Trinajstić information content (AvgIpc) is 2.58. The summed E-state index contributed by atoms with van der Waals surface area (Å²) in [6.45, 7) is 6.04. The van der Waals surface area contributed by atoms with E-state index in [9.17, 15) is 19.6 Å². The molecule has 0 bridgehead atoms. The van der Waals surface area contributed by atoms with Gasteiger partial charge in [0.1, 0.15) is 6.04 Å². The summed E-state index contributed by atoms with van der Waals surface area (Å²) in [7, 11) is -0.209. The molecule has 0 fully saturated rings. The first-order chi connectivity index (χ1) is 11.8. The molecule has 138 valence electrons. The van der Waals surface area contributed by atoms with Gasteiger partial charge in [0.25, 0.3) is 0 Å². The lowest BCUT2D eigenvalue weighted by Crippen LogP contribution is -2.48. The first-order valence-corrected chi connectivity index (χ1v) is 8.64. The van der Waals surface area contributed by atoms with Crippen molar-refractivity contribution in [1.29, 1.82) is 0 Å². The number of carbonyl (C=O) groups excluding carboxylic acids is 2. The molecule has 0 aliphatic heterocycles. The zero-order chi connectivity index (χ0) is 19.0. The maximum atomic E-state index is 12.7. The van der Waals surface area contributed by atoms with Crippen molar-refractivity contribution in [2.45, 2.75) is 52.6 Å². The second-order valence-electron chi connectivity index (χ2n) is 6.45. The third-order valence-electron chi connectivity index (χ3n) is 4.11. The first-order valence-electron chi connectivity index (χ1n) is 8.64. The molecule has 1 amide bonds. The molecule has 0 spiro atoms. The Morgan fingerprint density at radius 2 is 1.80 bits per heavy atom. The number of hydrogen-bond acceptors (Lipinski definition) is 5. The second kappa shape index (κ2) is 10.2. The zero-order valence-corrected chi connectivity index (χ0v) is 15.4. The molecule has 1 aromatic rings. The highest BCUT2D eigenvalue weighted by molar-refractivity contribution is 6.58. The number of esters is 1. The summed E-state index contributed by atoms with van der Waals surface area (Å²) in [6.07, 6.45) is 2.04. The molecule has 1 rings (SSSR count).